The highest BCUT2D eigenvalue weighted by Gasteiger charge is 2.21. The van der Waals surface area contributed by atoms with Crippen LogP contribution in [0.1, 0.15) is 27.4 Å². The van der Waals surface area contributed by atoms with Crippen molar-refractivity contribution in [3.8, 4) is 28.7 Å². The van der Waals surface area contributed by atoms with Crippen LogP contribution in [0.5, 0.6) is 0 Å². The molecule has 0 atom stereocenters. The van der Waals surface area contributed by atoms with Gasteiger partial charge in [0.2, 0.25) is 5.95 Å². The molecule has 0 aliphatic carbocycles. The number of rotatable bonds is 4. The lowest BCUT2D eigenvalue weighted by atomic mass is 10.1. The fourth-order valence-electron chi connectivity index (χ4n) is 6.86. The molecule has 0 saturated carbocycles. The summed E-state index contributed by atoms with van der Waals surface area (Å²) >= 11 is 0. The van der Waals surface area contributed by atoms with E-state index in [4.69, 9.17) is 29.2 Å². The summed E-state index contributed by atoms with van der Waals surface area (Å²) in [5, 5.41) is 0.00237. The number of benzene rings is 7. The van der Waals surface area contributed by atoms with Crippen LogP contribution in [-0.2, 0) is 0 Å². The first kappa shape index (κ1) is 14.9. The standard InChI is InChI=1S/C46H29N5/c1-8-22-38-30(15-1)31-16-2-9-23-39(31)49(38)44-28-14-7-21-36(44)37-29-45(50-40-24-10-3-17-32(40)33-18-4-11-25-41(33)50)48-46(47-37)51-42-26-12-5-19-34(42)35-20-6-13-27-43(35)51/h1-29H/i3D,4D,5D,6D,7D,10D,11D,12D,13D,14D,17D,18D,19D,20D,21D,24D,25D,26D,27D,28D. The third-order valence-corrected chi connectivity index (χ3v) is 8.92. The molecule has 0 unspecified atom stereocenters. The number of fused-ring (bicyclic) bond motifs is 9. The maximum atomic E-state index is 9.62. The van der Waals surface area contributed by atoms with Crippen molar-refractivity contribution in [1.29, 1.82) is 0 Å². The second-order valence-corrected chi connectivity index (χ2v) is 11.6. The van der Waals surface area contributed by atoms with Crippen LogP contribution in [0.4, 0.5) is 0 Å². The Labute approximate surface area is 321 Å². The van der Waals surface area contributed by atoms with Crippen LogP contribution in [0.15, 0.2) is 175 Å². The molecule has 0 bridgehead atoms. The third-order valence-electron chi connectivity index (χ3n) is 8.92. The van der Waals surface area contributed by atoms with Crippen molar-refractivity contribution < 1.29 is 27.4 Å². The maximum Gasteiger partial charge on any atom is 0.237 e. The maximum absolute atomic E-state index is 9.62. The molecular formula is C46H29N5. The quantitative estimate of drug-likeness (QED) is 0.187. The average Bonchev–Trinajstić information content (AvgIpc) is 4.04. The molecule has 4 heterocycles. The minimum atomic E-state index is -0.779. The smallest absolute Gasteiger partial charge is 0.237 e. The van der Waals surface area contributed by atoms with Crippen LogP contribution in [0, 0.1) is 0 Å². The van der Waals surface area contributed by atoms with Gasteiger partial charge >= 0.3 is 0 Å². The summed E-state index contributed by atoms with van der Waals surface area (Å²) in [6.45, 7) is 0. The van der Waals surface area contributed by atoms with E-state index in [1.54, 1.807) is 41.0 Å². The Bertz CT molecular complexity index is 3920. The Kier molecular flexibility index (Phi) is 3.14. The molecule has 0 N–H and O–H groups in total. The summed E-state index contributed by atoms with van der Waals surface area (Å²) in [6, 6.07) is 1.14. The van der Waals surface area contributed by atoms with Gasteiger partial charge in [0.15, 0.2) is 0 Å². The van der Waals surface area contributed by atoms with Crippen LogP contribution in [0.2, 0.25) is 0 Å². The van der Waals surface area contributed by atoms with E-state index in [1.807, 2.05) is 12.1 Å². The molecule has 0 spiro atoms. The van der Waals surface area contributed by atoms with Gasteiger partial charge < -0.3 is 4.57 Å². The second kappa shape index (κ2) is 10.8. The van der Waals surface area contributed by atoms with E-state index in [1.165, 1.54) is 6.07 Å². The van der Waals surface area contributed by atoms with Gasteiger partial charge in [-0.2, -0.15) is 4.98 Å². The van der Waals surface area contributed by atoms with Gasteiger partial charge in [-0.3, -0.25) is 9.13 Å². The number of para-hydroxylation sites is 7. The Morgan fingerprint density at radius 2 is 0.843 bits per heavy atom. The zero-order valence-corrected chi connectivity index (χ0v) is 25.9. The zero-order valence-electron chi connectivity index (χ0n) is 45.9. The monoisotopic (exact) mass is 671 g/mol. The van der Waals surface area contributed by atoms with E-state index >= 15 is 0 Å². The van der Waals surface area contributed by atoms with Gasteiger partial charge in [0, 0.05) is 43.9 Å². The van der Waals surface area contributed by atoms with Gasteiger partial charge in [-0.15, -0.1) is 0 Å². The molecule has 0 aliphatic heterocycles. The average molecular weight is 672 g/mol. The Hall–Kier alpha value is -6.98. The second-order valence-electron chi connectivity index (χ2n) is 11.6. The van der Waals surface area contributed by atoms with E-state index in [0.29, 0.717) is 21.8 Å². The molecule has 0 fully saturated rings. The Morgan fingerprint density at radius 1 is 0.392 bits per heavy atom. The summed E-state index contributed by atoms with van der Waals surface area (Å²) in [4.78, 5) is 9.70. The molecule has 0 amide bonds. The van der Waals surface area contributed by atoms with Crippen molar-refractivity contribution in [1.82, 2.24) is 23.7 Å². The molecule has 5 nitrogen and oxygen atoms in total. The molecule has 11 rings (SSSR count). The lowest BCUT2D eigenvalue weighted by Gasteiger charge is -2.16. The van der Waals surface area contributed by atoms with Crippen LogP contribution < -0.4 is 0 Å². The van der Waals surface area contributed by atoms with E-state index in [9.17, 15) is 8.22 Å². The molecule has 4 aromatic heterocycles. The molecule has 0 aliphatic rings. The number of nitrogens with zero attached hydrogens (tertiary/aromatic N) is 5. The number of aromatic nitrogens is 5. The van der Waals surface area contributed by atoms with Crippen molar-refractivity contribution in [2.75, 3.05) is 0 Å². The first-order valence-corrected chi connectivity index (χ1v) is 15.6. The van der Waals surface area contributed by atoms with E-state index in [2.05, 4.69) is 0 Å². The first-order chi connectivity index (χ1) is 33.6. The third kappa shape index (κ3) is 4.03. The van der Waals surface area contributed by atoms with Gasteiger partial charge in [-0.05, 0) is 42.3 Å². The summed E-state index contributed by atoms with van der Waals surface area (Å²) in [7, 11) is 0. The largest absolute Gasteiger partial charge is 0.309 e. The van der Waals surface area contributed by atoms with Crippen LogP contribution in [0.3, 0.4) is 0 Å². The zero-order chi connectivity index (χ0) is 50.9. The van der Waals surface area contributed by atoms with E-state index in [0.717, 1.165) is 9.13 Å². The van der Waals surface area contributed by atoms with Gasteiger partial charge in [0.05, 0.1) is 71.9 Å². The molecule has 11 aromatic rings. The van der Waals surface area contributed by atoms with Crippen molar-refractivity contribution in [3.05, 3.63) is 175 Å². The van der Waals surface area contributed by atoms with Crippen molar-refractivity contribution in [2.24, 2.45) is 0 Å². The van der Waals surface area contributed by atoms with Crippen molar-refractivity contribution in [3.63, 3.8) is 0 Å². The number of hydrogen-bond acceptors (Lipinski definition) is 2. The van der Waals surface area contributed by atoms with Gasteiger partial charge in [-0.1, -0.05) is 127 Å². The summed E-state index contributed by atoms with van der Waals surface area (Å²) in [5.74, 6) is -1.11. The minimum absolute atomic E-state index is 0.152. The normalized spacial score (nSPS) is 17.4. The Morgan fingerprint density at radius 3 is 1.39 bits per heavy atom. The predicted molar refractivity (Wildman–Crippen MR) is 210 cm³/mol. The topological polar surface area (TPSA) is 40.6 Å². The van der Waals surface area contributed by atoms with Crippen molar-refractivity contribution in [2.45, 2.75) is 0 Å². The Balaban J connectivity index is 1.43. The first-order valence-electron chi connectivity index (χ1n) is 25.6. The van der Waals surface area contributed by atoms with Gasteiger partial charge in [-0.25, -0.2) is 4.98 Å². The van der Waals surface area contributed by atoms with Gasteiger partial charge in [0.25, 0.3) is 0 Å². The molecule has 0 saturated heterocycles. The van der Waals surface area contributed by atoms with Crippen LogP contribution in [0.25, 0.3) is 94.1 Å². The summed E-state index contributed by atoms with van der Waals surface area (Å²) in [6.07, 6.45) is 0. The highest BCUT2D eigenvalue weighted by Crippen LogP contribution is 2.38. The highest BCUT2D eigenvalue weighted by molar-refractivity contribution is 6.11. The summed E-state index contributed by atoms with van der Waals surface area (Å²) in [5.41, 5.74) is -1.52. The SMILES string of the molecule is [2H]c1c([2H])c([2H])c(-n2c3ccccc3c3ccccc32)c(-c2cc(-n3c4c([2H])c([2H])c([2H])c([2H])c4c4c([2H])c([2H])c([2H])c([2H])c43)nc(-n3c4c([2H])c([2H])c([2H])c([2H])c4c4c([2H])c([2H])c([2H])c([2H])c43)n2)c1[2H]. The molecule has 238 valence electrons. The molecule has 7 aromatic carbocycles. The van der Waals surface area contributed by atoms with E-state index in [-0.39, 0.29) is 38.5 Å². The highest BCUT2D eigenvalue weighted by atomic mass is 15.2. The fourth-order valence-corrected chi connectivity index (χ4v) is 6.86. The lowest BCUT2D eigenvalue weighted by Crippen LogP contribution is -2.08. The van der Waals surface area contributed by atoms with Crippen LogP contribution in [-0.4, -0.2) is 23.7 Å². The van der Waals surface area contributed by atoms with Crippen molar-refractivity contribution >= 4 is 65.4 Å². The predicted octanol–water partition coefficient (Wildman–Crippen LogP) is 11.4. The molecule has 5 heteroatoms. The lowest BCUT2D eigenvalue weighted by molar-refractivity contribution is 0.951. The minimum Gasteiger partial charge on any atom is -0.309 e. The molecule has 51 heavy (non-hydrogen) atoms. The van der Waals surface area contributed by atoms with Crippen LogP contribution >= 0.6 is 0 Å². The molecular weight excluding hydrogens is 623 g/mol. The fraction of sp³-hybridized carbons (Fsp3) is 0. The van der Waals surface area contributed by atoms with Gasteiger partial charge in [0.1, 0.15) is 5.82 Å². The molecule has 0 radical (unpaired) electrons. The summed E-state index contributed by atoms with van der Waals surface area (Å²) < 4.78 is 183. The number of hydrogen-bond donors (Lipinski definition) is 0. The van der Waals surface area contributed by atoms with E-state index < -0.39 is 155 Å².